The standard InChI is InChI=1S/C15H22FNO/c1-2-7-17-8-6-15(18)13(11-17)9-12-4-3-5-14(16)10-12/h3-5,10,13,15,18H,2,6-9,11H2,1H3. The number of hydrogen-bond acceptors (Lipinski definition) is 2. The Morgan fingerprint density at radius 2 is 2.28 bits per heavy atom. The lowest BCUT2D eigenvalue weighted by Gasteiger charge is -2.36. The van der Waals surface area contributed by atoms with E-state index in [0.29, 0.717) is 0 Å². The Labute approximate surface area is 108 Å². The maximum absolute atomic E-state index is 13.1. The summed E-state index contributed by atoms with van der Waals surface area (Å²) < 4.78 is 13.1. The van der Waals surface area contributed by atoms with Crippen LogP contribution in [0, 0.1) is 11.7 Å². The second kappa shape index (κ2) is 6.30. The second-order valence-electron chi connectivity index (χ2n) is 5.25. The molecule has 18 heavy (non-hydrogen) atoms. The van der Waals surface area contributed by atoms with Crippen molar-refractivity contribution in [2.24, 2.45) is 5.92 Å². The van der Waals surface area contributed by atoms with E-state index in [9.17, 15) is 9.50 Å². The molecule has 1 aromatic carbocycles. The SMILES string of the molecule is CCCN1CCC(O)C(Cc2cccc(F)c2)C1. The Hall–Kier alpha value is -0.930. The number of hydrogen-bond donors (Lipinski definition) is 1. The van der Waals surface area contributed by atoms with Gasteiger partial charge in [0.15, 0.2) is 0 Å². The minimum atomic E-state index is -0.249. The molecule has 1 aliphatic rings. The zero-order valence-electron chi connectivity index (χ0n) is 11.0. The quantitative estimate of drug-likeness (QED) is 0.888. The van der Waals surface area contributed by atoms with Crippen LogP contribution < -0.4 is 0 Å². The summed E-state index contributed by atoms with van der Waals surface area (Å²) in [6, 6.07) is 6.72. The number of halogens is 1. The summed E-state index contributed by atoms with van der Waals surface area (Å²) in [5, 5.41) is 10.1. The first-order chi connectivity index (χ1) is 8.69. The summed E-state index contributed by atoms with van der Waals surface area (Å²) >= 11 is 0. The molecule has 1 aromatic rings. The first-order valence-corrected chi connectivity index (χ1v) is 6.84. The maximum Gasteiger partial charge on any atom is 0.123 e. The van der Waals surface area contributed by atoms with Crippen LogP contribution in [0.25, 0.3) is 0 Å². The molecule has 2 rings (SSSR count). The lowest BCUT2D eigenvalue weighted by molar-refractivity contribution is 0.0270. The molecule has 0 spiro atoms. The Balaban J connectivity index is 1.98. The Morgan fingerprint density at radius 3 is 3.00 bits per heavy atom. The van der Waals surface area contributed by atoms with E-state index in [-0.39, 0.29) is 17.8 Å². The van der Waals surface area contributed by atoms with Crippen LogP contribution in [0.1, 0.15) is 25.3 Å². The molecule has 1 heterocycles. The number of piperidine rings is 1. The van der Waals surface area contributed by atoms with Crippen LogP contribution in [0.3, 0.4) is 0 Å². The molecule has 1 N–H and O–H groups in total. The highest BCUT2D eigenvalue weighted by Gasteiger charge is 2.27. The zero-order chi connectivity index (χ0) is 13.0. The lowest BCUT2D eigenvalue weighted by Crippen LogP contribution is -2.44. The van der Waals surface area contributed by atoms with Crippen LogP contribution in [0.5, 0.6) is 0 Å². The molecule has 0 saturated carbocycles. The van der Waals surface area contributed by atoms with Crippen LogP contribution in [0.2, 0.25) is 0 Å². The van der Waals surface area contributed by atoms with E-state index in [4.69, 9.17) is 0 Å². The fourth-order valence-electron chi connectivity index (χ4n) is 2.78. The Bertz CT molecular complexity index is 383. The number of aliphatic hydroxyl groups excluding tert-OH is 1. The van der Waals surface area contributed by atoms with E-state index >= 15 is 0 Å². The maximum atomic E-state index is 13.1. The van der Waals surface area contributed by atoms with Gasteiger partial charge < -0.3 is 10.0 Å². The normalized spacial score (nSPS) is 25.3. The fraction of sp³-hybridized carbons (Fsp3) is 0.600. The van der Waals surface area contributed by atoms with Crippen molar-refractivity contribution in [3.8, 4) is 0 Å². The minimum absolute atomic E-state index is 0.191. The van der Waals surface area contributed by atoms with Gasteiger partial charge in [0, 0.05) is 19.0 Å². The highest BCUT2D eigenvalue weighted by atomic mass is 19.1. The van der Waals surface area contributed by atoms with Crippen LogP contribution in [-0.4, -0.2) is 35.7 Å². The highest BCUT2D eigenvalue weighted by molar-refractivity contribution is 5.17. The molecular formula is C15H22FNO. The van der Waals surface area contributed by atoms with Crippen molar-refractivity contribution in [1.29, 1.82) is 0 Å². The molecule has 100 valence electrons. The molecule has 3 heteroatoms. The van der Waals surface area contributed by atoms with Crippen LogP contribution >= 0.6 is 0 Å². The molecule has 1 aliphatic heterocycles. The summed E-state index contributed by atoms with van der Waals surface area (Å²) in [5.41, 5.74) is 0.984. The number of aliphatic hydroxyl groups is 1. The summed E-state index contributed by atoms with van der Waals surface area (Å²) in [6.45, 7) is 5.17. The van der Waals surface area contributed by atoms with E-state index in [2.05, 4.69) is 11.8 Å². The summed E-state index contributed by atoms with van der Waals surface area (Å²) in [6.07, 6.45) is 2.49. The van der Waals surface area contributed by atoms with Gasteiger partial charge in [-0.3, -0.25) is 0 Å². The predicted molar refractivity (Wildman–Crippen MR) is 70.9 cm³/mol. The zero-order valence-corrected chi connectivity index (χ0v) is 11.0. The minimum Gasteiger partial charge on any atom is -0.393 e. The van der Waals surface area contributed by atoms with E-state index in [0.717, 1.165) is 44.5 Å². The Morgan fingerprint density at radius 1 is 1.44 bits per heavy atom. The molecular weight excluding hydrogens is 229 g/mol. The summed E-state index contributed by atoms with van der Waals surface area (Å²) in [5.74, 6) is 0.0373. The van der Waals surface area contributed by atoms with Crippen molar-refractivity contribution in [3.63, 3.8) is 0 Å². The van der Waals surface area contributed by atoms with Gasteiger partial charge >= 0.3 is 0 Å². The molecule has 2 unspecified atom stereocenters. The van der Waals surface area contributed by atoms with Gasteiger partial charge in [0.2, 0.25) is 0 Å². The van der Waals surface area contributed by atoms with Crippen molar-refractivity contribution >= 4 is 0 Å². The van der Waals surface area contributed by atoms with Crippen molar-refractivity contribution < 1.29 is 9.50 Å². The monoisotopic (exact) mass is 251 g/mol. The molecule has 0 bridgehead atoms. The van der Waals surface area contributed by atoms with Crippen molar-refractivity contribution in [2.75, 3.05) is 19.6 Å². The average molecular weight is 251 g/mol. The number of rotatable bonds is 4. The van der Waals surface area contributed by atoms with Crippen molar-refractivity contribution in [3.05, 3.63) is 35.6 Å². The third kappa shape index (κ3) is 3.53. The van der Waals surface area contributed by atoms with E-state index < -0.39 is 0 Å². The predicted octanol–water partition coefficient (Wildman–Crippen LogP) is 2.46. The summed E-state index contributed by atoms with van der Waals surface area (Å²) in [7, 11) is 0. The molecule has 0 amide bonds. The van der Waals surface area contributed by atoms with Crippen molar-refractivity contribution in [1.82, 2.24) is 4.90 Å². The number of likely N-dealkylation sites (tertiary alicyclic amines) is 1. The summed E-state index contributed by atoms with van der Waals surface area (Å²) in [4.78, 5) is 2.40. The first-order valence-electron chi connectivity index (χ1n) is 6.84. The molecule has 0 aliphatic carbocycles. The third-order valence-electron chi connectivity index (χ3n) is 3.70. The molecule has 1 fully saturated rings. The highest BCUT2D eigenvalue weighted by Crippen LogP contribution is 2.22. The van der Waals surface area contributed by atoms with Crippen LogP contribution in [0.4, 0.5) is 4.39 Å². The molecule has 2 atom stereocenters. The number of benzene rings is 1. The van der Waals surface area contributed by atoms with Gasteiger partial charge in [0.25, 0.3) is 0 Å². The van der Waals surface area contributed by atoms with Gasteiger partial charge in [-0.1, -0.05) is 19.1 Å². The van der Waals surface area contributed by atoms with E-state index in [1.165, 1.54) is 6.07 Å². The van der Waals surface area contributed by atoms with Gasteiger partial charge in [-0.25, -0.2) is 4.39 Å². The van der Waals surface area contributed by atoms with Gasteiger partial charge in [-0.15, -0.1) is 0 Å². The van der Waals surface area contributed by atoms with Crippen LogP contribution in [0.15, 0.2) is 24.3 Å². The van der Waals surface area contributed by atoms with Gasteiger partial charge in [0.05, 0.1) is 6.10 Å². The molecule has 0 aromatic heterocycles. The first kappa shape index (κ1) is 13.5. The molecule has 0 radical (unpaired) electrons. The topological polar surface area (TPSA) is 23.5 Å². The van der Waals surface area contributed by atoms with Crippen LogP contribution in [-0.2, 0) is 6.42 Å². The molecule has 1 saturated heterocycles. The molecule has 2 nitrogen and oxygen atoms in total. The van der Waals surface area contributed by atoms with Gasteiger partial charge in [-0.2, -0.15) is 0 Å². The fourth-order valence-corrected chi connectivity index (χ4v) is 2.78. The lowest BCUT2D eigenvalue weighted by atomic mass is 9.88. The van der Waals surface area contributed by atoms with Crippen molar-refractivity contribution in [2.45, 2.75) is 32.3 Å². The van der Waals surface area contributed by atoms with E-state index in [1.54, 1.807) is 12.1 Å². The third-order valence-corrected chi connectivity index (χ3v) is 3.70. The smallest absolute Gasteiger partial charge is 0.123 e. The van der Waals surface area contributed by atoms with Gasteiger partial charge in [0.1, 0.15) is 5.82 Å². The van der Waals surface area contributed by atoms with E-state index in [1.807, 2.05) is 6.07 Å². The largest absolute Gasteiger partial charge is 0.393 e. The van der Waals surface area contributed by atoms with Gasteiger partial charge in [-0.05, 0) is 43.5 Å². The number of nitrogens with zero attached hydrogens (tertiary/aromatic N) is 1. The average Bonchev–Trinajstić information content (AvgIpc) is 2.34. The Kier molecular flexibility index (Phi) is 4.72. The second-order valence-corrected chi connectivity index (χ2v) is 5.25.